The van der Waals surface area contributed by atoms with E-state index in [1.54, 1.807) is 0 Å². The Balaban J connectivity index is 3.11. The molecule has 1 aromatic rings. The molecule has 0 spiro atoms. The van der Waals surface area contributed by atoms with E-state index in [-0.39, 0.29) is 19.1 Å². The Bertz CT molecular complexity index is 355. The van der Waals surface area contributed by atoms with Crippen LogP contribution in [0.2, 0.25) is 0 Å². The second-order valence-corrected chi connectivity index (χ2v) is 3.27. The van der Waals surface area contributed by atoms with Crippen molar-refractivity contribution in [1.82, 2.24) is 0 Å². The molecule has 1 atom stereocenters. The van der Waals surface area contributed by atoms with Gasteiger partial charge in [-0.2, -0.15) is 5.26 Å². The summed E-state index contributed by atoms with van der Waals surface area (Å²) in [5, 5.41) is 17.7. The molecule has 3 heteroatoms. The summed E-state index contributed by atoms with van der Waals surface area (Å²) in [6, 6.07) is 7.38. The Morgan fingerprint density at radius 1 is 1.57 bits per heavy atom. The van der Waals surface area contributed by atoms with Gasteiger partial charge in [-0.3, -0.25) is 0 Å². The molecular formula is C11H14N2O. The van der Waals surface area contributed by atoms with Crippen molar-refractivity contribution in [3.05, 3.63) is 34.9 Å². The summed E-state index contributed by atoms with van der Waals surface area (Å²) in [6.45, 7) is 1.90. The van der Waals surface area contributed by atoms with Crippen LogP contribution in [0.3, 0.4) is 0 Å². The highest BCUT2D eigenvalue weighted by atomic mass is 16.3. The lowest BCUT2D eigenvalue weighted by atomic mass is 9.95. The average Bonchev–Trinajstić information content (AvgIpc) is 2.17. The van der Waals surface area contributed by atoms with E-state index in [9.17, 15) is 0 Å². The van der Waals surface area contributed by atoms with Crippen molar-refractivity contribution >= 4 is 0 Å². The van der Waals surface area contributed by atoms with Gasteiger partial charge in [0, 0.05) is 6.04 Å². The Morgan fingerprint density at radius 2 is 2.29 bits per heavy atom. The fourth-order valence-corrected chi connectivity index (χ4v) is 1.61. The maximum atomic E-state index is 9.12. The Hall–Kier alpha value is -1.37. The van der Waals surface area contributed by atoms with Crippen molar-refractivity contribution in [2.45, 2.75) is 26.0 Å². The lowest BCUT2D eigenvalue weighted by Gasteiger charge is -2.15. The molecule has 0 aliphatic carbocycles. The van der Waals surface area contributed by atoms with Crippen LogP contribution in [0.5, 0.6) is 0 Å². The highest BCUT2D eigenvalue weighted by Crippen LogP contribution is 2.22. The number of aryl methyl sites for hydroxylation is 1. The molecule has 1 rings (SSSR count). The second kappa shape index (κ2) is 4.75. The standard InChI is InChI=1S/C11H14N2O/c1-8-3-2-4-9(7-14)11(8)10(13)5-6-12/h2-4,10,14H,5,7,13H2,1H3/t10-/m0/s1. The zero-order valence-electron chi connectivity index (χ0n) is 8.20. The van der Waals surface area contributed by atoms with Crippen LogP contribution in [0.15, 0.2) is 18.2 Å². The molecule has 0 bridgehead atoms. The van der Waals surface area contributed by atoms with Crippen molar-refractivity contribution in [3.8, 4) is 6.07 Å². The molecular weight excluding hydrogens is 176 g/mol. The van der Waals surface area contributed by atoms with E-state index >= 15 is 0 Å². The first-order valence-electron chi connectivity index (χ1n) is 4.52. The van der Waals surface area contributed by atoms with Crippen molar-refractivity contribution in [1.29, 1.82) is 5.26 Å². The minimum absolute atomic E-state index is 0.0316. The van der Waals surface area contributed by atoms with Gasteiger partial charge in [-0.05, 0) is 23.6 Å². The molecule has 0 saturated heterocycles. The zero-order chi connectivity index (χ0) is 10.6. The highest BCUT2D eigenvalue weighted by Gasteiger charge is 2.12. The summed E-state index contributed by atoms with van der Waals surface area (Å²) < 4.78 is 0. The van der Waals surface area contributed by atoms with Gasteiger partial charge in [0.15, 0.2) is 0 Å². The van der Waals surface area contributed by atoms with Gasteiger partial charge in [0.05, 0.1) is 19.1 Å². The van der Waals surface area contributed by atoms with E-state index in [2.05, 4.69) is 0 Å². The van der Waals surface area contributed by atoms with Gasteiger partial charge in [-0.1, -0.05) is 18.2 Å². The van der Waals surface area contributed by atoms with Crippen molar-refractivity contribution in [2.24, 2.45) is 5.73 Å². The highest BCUT2D eigenvalue weighted by molar-refractivity contribution is 5.36. The van der Waals surface area contributed by atoms with Crippen LogP contribution in [-0.2, 0) is 6.61 Å². The number of aliphatic hydroxyl groups excluding tert-OH is 1. The summed E-state index contributed by atoms with van der Waals surface area (Å²) in [7, 11) is 0. The molecule has 0 saturated carbocycles. The second-order valence-electron chi connectivity index (χ2n) is 3.27. The summed E-state index contributed by atoms with van der Waals surface area (Å²) in [5.74, 6) is 0. The largest absolute Gasteiger partial charge is 0.392 e. The first-order chi connectivity index (χ1) is 6.70. The van der Waals surface area contributed by atoms with Crippen LogP contribution in [0, 0.1) is 18.3 Å². The minimum Gasteiger partial charge on any atom is -0.392 e. The number of aliphatic hydroxyl groups is 1. The van der Waals surface area contributed by atoms with Gasteiger partial charge in [-0.15, -0.1) is 0 Å². The third-order valence-electron chi connectivity index (χ3n) is 2.27. The van der Waals surface area contributed by atoms with E-state index in [0.717, 1.165) is 16.7 Å². The quantitative estimate of drug-likeness (QED) is 0.756. The average molecular weight is 190 g/mol. The van der Waals surface area contributed by atoms with E-state index in [1.807, 2.05) is 31.2 Å². The van der Waals surface area contributed by atoms with Crippen molar-refractivity contribution in [3.63, 3.8) is 0 Å². The topological polar surface area (TPSA) is 70.0 Å². The summed E-state index contributed by atoms with van der Waals surface area (Å²) in [5.41, 5.74) is 8.59. The molecule has 0 aliphatic heterocycles. The number of hydrogen-bond donors (Lipinski definition) is 2. The predicted octanol–water partition coefficient (Wildman–Crippen LogP) is 1.40. The SMILES string of the molecule is Cc1cccc(CO)c1[C@@H](N)CC#N. The number of nitrogens with zero attached hydrogens (tertiary/aromatic N) is 1. The molecule has 0 amide bonds. The fraction of sp³-hybridized carbons (Fsp3) is 0.364. The zero-order valence-corrected chi connectivity index (χ0v) is 8.20. The Kier molecular flexibility index (Phi) is 3.63. The molecule has 1 aromatic carbocycles. The molecule has 3 N–H and O–H groups in total. The molecule has 0 aromatic heterocycles. The minimum atomic E-state index is -0.302. The third-order valence-corrected chi connectivity index (χ3v) is 2.27. The van der Waals surface area contributed by atoms with Gasteiger partial charge in [-0.25, -0.2) is 0 Å². The first kappa shape index (κ1) is 10.7. The van der Waals surface area contributed by atoms with E-state index < -0.39 is 0 Å². The van der Waals surface area contributed by atoms with Crippen molar-refractivity contribution < 1.29 is 5.11 Å². The van der Waals surface area contributed by atoms with Gasteiger partial charge >= 0.3 is 0 Å². The number of rotatable bonds is 3. The molecule has 0 aliphatic rings. The van der Waals surface area contributed by atoms with Gasteiger partial charge < -0.3 is 10.8 Å². The van der Waals surface area contributed by atoms with Crippen molar-refractivity contribution in [2.75, 3.05) is 0 Å². The van der Waals surface area contributed by atoms with Crippen LogP contribution in [0.4, 0.5) is 0 Å². The molecule has 14 heavy (non-hydrogen) atoms. The number of nitrogens with two attached hydrogens (primary N) is 1. The Morgan fingerprint density at radius 3 is 2.86 bits per heavy atom. The number of hydrogen-bond acceptors (Lipinski definition) is 3. The monoisotopic (exact) mass is 190 g/mol. The predicted molar refractivity (Wildman–Crippen MR) is 54.3 cm³/mol. The first-order valence-corrected chi connectivity index (χ1v) is 4.52. The maximum Gasteiger partial charge on any atom is 0.0685 e. The normalized spacial score (nSPS) is 12.1. The molecule has 0 radical (unpaired) electrons. The van der Waals surface area contributed by atoms with Gasteiger partial charge in [0.1, 0.15) is 0 Å². The van der Waals surface area contributed by atoms with E-state index in [4.69, 9.17) is 16.1 Å². The lowest BCUT2D eigenvalue weighted by molar-refractivity contribution is 0.279. The van der Waals surface area contributed by atoms with Gasteiger partial charge in [0.2, 0.25) is 0 Å². The lowest BCUT2D eigenvalue weighted by Crippen LogP contribution is -2.13. The van der Waals surface area contributed by atoms with Crippen LogP contribution in [0.25, 0.3) is 0 Å². The van der Waals surface area contributed by atoms with Crippen LogP contribution < -0.4 is 5.73 Å². The van der Waals surface area contributed by atoms with E-state index in [0.29, 0.717) is 0 Å². The van der Waals surface area contributed by atoms with Gasteiger partial charge in [0.25, 0.3) is 0 Å². The number of nitriles is 1. The fourth-order valence-electron chi connectivity index (χ4n) is 1.61. The Labute approximate surface area is 83.8 Å². The third kappa shape index (κ3) is 2.11. The summed E-state index contributed by atoms with van der Waals surface area (Å²) in [4.78, 5) is 0. The molecule has 0 unspecified atom stereocenters. The molecule has 74 valence electrons. The van der Waals surface area contributed by atoms with Crippen LogP contribution in [0.1, 0.15) is 29.2 Å². The van der Waals surface area contributed by atoms with Crippen LogP contribution in [-0.4, -0.2) is 5.11 Å². The molecule has 3 nitrogen and oxygen atoms in total. The molecule has 0 fully saturated rings. The number of benzene rings is 1. The van der Waals surface area contributed by atoms with E-state index in [1.165, 1.54) is 0 Å². The summed E-state index contributed by atoms with van der Waals surface area (Å²) >= 11 is 0. The molecule has 0 heterocycles. The smallest absolute Gasteiger partial charge is 0.0685 e. The maximum absolute atomic E-state index is 9.12. The van der Waals surface area contributed by atoms with Crippen LogP contribution >= 0.6 is 0 Å². The summed E-state index contributed by atoms with van der Waals surface area (Å²) in [6.07, 6.45) is 0.276.